The highest BCUT2D eigenvalue weighted by atomic mass is 16.5. The SMILES string of the molecule is CCCC(NC(=O)Nc1ccccc1OC)c1ccccc1. The Hall–Kier alpha value is -2.49. The molecule has 2 rings (SSSR count). The van der Waals surface area contributed by atoms with E-state index in [-0.39, 0.29) is 12.1 Å². The van der Waals surface area contributed by atoms with E-state index in [2.05, 4.69) is 17.6 Å². The fourth-order valence-corrected chi connectivity index (χ4v) is 2.36. The van der Waals surface area contributed by atoms with Gasteiger partial charge in [0, 0.05) is 0 Å². The van der Waals surface area contributed by atoms with Gasteiger partial charge in [-0.05, 0) is 24.1 Å². The molecular formula is C18H22N2O2. The highest BCUT2D eigenvalue weighted by Gasteiger charge is 2.14. The van der Waals surface area contributed by atoms with Crippen LogP contribution in [0.25, 0.3) is 0 Å². The van der Waals surface area contributed by atoms with E-state index in [1.54, 1.807) is 7.11 Å². The summed E-state index contributed by atoms with van der Waals surface area (Å²) < 4.78 is 5.24. The lowest BCUT2D eigenvalue weighted by atomic mass is 10.0. The van der Waals surface area contributed by atoms with Gasteiger partial charge in [0.2, 0.25) is 0 Å². The lowest BCUT2D eigenvalue weighted by molar-refractivity contribution is 0.247. The summed E-state index contributed by atoms with van der Waals surface area (Å²) in [5.41, 5.74) is 1.77. The van der Waals surface area contributed by atoms with Gasteiger partial charge < -0.3 is 15.4 Å². The van der Waals surface area contributed by atoms with E-state index in [0.29, 0.717) is 11.4 Å². The minimum absolute atomic E-state index is 0.000840. The van der Waals surface area contributed by atoms with Crippen molar-refractivity contribution in [3.05, 3.63) is 60.2 Å². The predicted molar refractivity (Wildman–Crippen MR) is 89.2 cm³/mol. The van der Waals surface area contributed by atoms with Crippen molar-refractivity contribution < 1.29 is 9.53 Å². The number of benzene rings is 2. The first kappa shape index (κ1) is 15.9. The van der Waals surface area contributed by atoms with Crippen molar-refractivity contribution in [3.63, 3.8) is 0 Å². The molecule has 0 heterocycles. The van der Waals surface area contributed by atoms with Crippen molar-refractivity contribution >= 4 is 11.7 Å². The van der Waals surface area contributed by atoms with Crippen LogP contribution in [0.2, 0.25) is 0 Å². The van der Waals surface area contributed by atoms with Crippen LogP contribution in [0.1, 0.15) is 31.4 Å². The van der Waals surface area contributed by atoms with Crippen molar-refractivity contribution in [2.24, 2.45) is 0 Å². The Morgan fingerprint density at radius 1 is 1.09 bits per heavy atom. The summed E-state index contributed by atoms with van der Waals surface area (Å²) in [6.45, 7) is 2.11. The number of para-hydroxylation sites is 2. The van der Waals surface area contributed by atoms with Gasteiger partial charge in [0.05, 0.1) is 18.8 Å². The van der Waals surface area contributed by atoms with E-state index in [4.69, 9.17) is 4.74 Å². The monoisotopic (exact) mass is 298 g/mol. The number of hydrogen-bond acceptors (Lipinski definition) is 2. The molecule has 1 unspecified atom stereocenters. The second kappa shape index (κ2) is 8.08. The Bertz CT molecular complexity index is 599. The van der Waals surface area contributed by atoms with Crippen LogP contribution in [0.3, 0.4) is 0 Å². The second-order valence-corrected chi connectivity index (χ2v) is 5.05. The summed E-state index contributed by atoms with van der Waals surface area (Å²) in [6.07, 6.45) is 1.89. The highest BCUT2D eigenvalue weighted by molar-refractivity contribution is 5.91. The molecule has 0 saturated carbocycles. The maximum atomic E-state index is 12.3. The largest absolute Gasteiger partial charge is 0.495 e. The zero-order chi connectivity index (χ0) is 15.8. The Balaban J connectivity index is 2.05. The van der Waals surface area contributed by atoms with Gasteiger partial charge >= 0.3 is 6.03 Å². The molecule has 0 spiro atoms. The van der Waals surface area contributed by atoms with Gasteiger partial charge in [-0.25, -0.2) is 4.79 Å². The first-order valence-electron chi connectivity index (χ1n) is 7.50. The fourth-order valence-electron chi connectivity index (χ4n) is 2.36. The Labute approximate surface area is 131 Å². The number of urea groups is 1. The van der Waals surface area contributed by atoms with E-state index in [0.717, 1.165) is 18.4 Å². The summed E-state index contributed by atoms with van der Waals surface area (Å²) in [5.74, 6) is 0.643. The Morgan fingerprint density at radius 2 is 1.77 bits per heavy atom. The molecule has 0 bridgehead atoms. The molecule has 2 N–H and O–H groups in total. The van der Waals surface area contributed by atoms with Crippen LogP contribution in [0, 0.1) is 0 Å². The summed E-state index contributed by atoms with van der Waals surface area (Å²) >= 11 is 0. The number of nitrogens with one attached hydrogen (secondary N) is 2. The molecule has 116 valence electrons. The topological polar surface area (TPSA) is 50.4 Å². The van der Waals surface area contributed by atoms with Crippen LogP contribution < -0.4 is 15.4 Å². The third kappa shape index (κ3) is 4.25. The molecule has 4 nitrogen and oxygen atoms in total. The quantitative estimate of drug-likeness (QED) is 0.832. The molecule has 4 heteroatoms. The zero-order valence-electron chi connectivity index (χ0n) is 13.0. The third-order valence-electron chi connectivity index (χ3n) is 3.44. The van der Waals surface area contributed by atoms with Crippen LogP contribution in [0.15, 0.2) is 54.6 Å². The van der Waals surface area contributed by atoms with Gasteiger partial charge in [-0.2, -0.15) is 0 Å². The molecule has 2 aromatic carbocycles. The lowest BCUT2D eigenvalue weighted by Crippen LogP contribution is -2.32. The first-order chi connectivity index (χ1) is 10.7. The number of carbonyl (C=O) groups is 1. The van der Waals surface area contributed by atoms with Crippen LogP contribution >= 0.6 is 0 Å². The molecule has 1 atom stereocenters. The van der Waals surface area contributed by atoms with Gasteiger partial charge in [-0.1, -0.05) is 55.8 Å². The third-order valence-corrected chi connectivity index (χ3v) is 3.44. The van der Waals surface area contributed by atoms with E-state index in [1.807, 2.05) is 54.6 Å². The molecule has 0 aromatic heterocycles. The van der Waals surface area contributed by atoms with E-state index >= 15 is 0 Å². The fraction of sp³-hybridized carbons (Fsp3) is 0.278. The number of amides is 2. The summed E-state index contributed by atoms with van der Waals surface area (Å²) in [6, 6.07) is 17.1. The molecular weight excluding hydrogens is 276 g/mol. The van der Waals surface area contributed by atoms with Gasteiger partial charge in [0.15, 0.2) is 0 Å². The predicted octanol–water partition coefficient (Wildman–Crippen LogP) is 4.36. The molecule has 0 saturated heterocycles. The van der Waals surface area contributed by atoms with Gasteiger partial charge in [0.25, 0.3) is 0 Å². The minimum Gasteiger partial charge on any atom is -0.495 e. The zero-order valence-corrected chi connectivity index (χ0v) is 13.0. The number of rotatable bonds is 6. The first-order valence-corrected chi connectivity index (χ1v) is 7.50. The van der Waals surface area contributed by atoms with Crippen molar-refractivity contribution in [2.45, 2.75) is 25.8 Å². The minimum atomic E-state index is -0.230. The van der Waals surface area contributed by atoms with Crippen LogP contribution in [0.5, 0.6) is 5.75 Å². The number of anilines is 1. The van der Waals surface area contributed by atoms with Gasteiger partial charge in [0.1, 0.15) is 5.75 Å². The van der Waals surface area contributed by atoms with Gasteiger partial charge in [-0.15, -0.1) is 0 Å². The maximum Gasteiger partial charge on any atom is 0.319 e. The number of ether oxygens (including phenoxy) is 1. The van der Waals surface area contributed by atoms with Crippen LogP contribution in [-0.4, -0.2) is 13.1 Å². The van der Waals surface area contributed by atoms with Crippen molar-refractivity contribution in [3.8, 4) is 5.75 Å². The highest BCUT2D eigenvalue weighted by Crippen LogP contribution is 2.23. The van der Waals surface area contributed by atoms with Crippen molar-refractivity contribution in [1.82, 2.24) is 5.32 Å². The van der Waals surface area contributed by atoms with Crippen molar-refractivity contribution in [1.29, 1.82) is 0 Å². The second-order valence-electron chi connectivity index (χ2n) is 5.05. The molecule has 2 aromatic rings. The lowest BCUT2D eigenvalue weighted by Gasteiger charge is -2.19. The van der Waals surface area contributed by atoms with E-state index < -0.39 is 0 Å². The molecule has 0 radical (unpaired) electrons. The Kier molecular flexibility index (Phi) is 5.83. The Morgan fingerprint density at radius 3 is 2.45 bits per heavy atom. The number of methoxy groups -OCH3 is 1. The van der Waals surface area contributed by atoms with E-state index in [1.165, 1.54) is 0 Å². The summed E-state index contributed by atoms with van der Waals surface area (Å²) in [4.78, 5) is 12.3. The van der Waals surface area contributed by atoms with Gasteiger partial charge in [-0.3, -0.25) is 0 Å². The molecule has 22 heavy (non-hydrogen) atoms. The molecule has 0 fully saturated rings. The van der Waals surface area contributed by atoms with Crippen LogP contribution in [-0.2, 0) is 0 Å². The molecule has 2 amide bonds. The average Bonchev–Trinajstić information content (AvgIpc) is 2.56. The maximum absolute atomic E-state index is 12.3. The average molecular weight is 298 g/mol. The molecule has 0 aliphatic carbocycles. The van der Waals surface area contributed by atoms with Crippen molar-refractivity contribution in [2.75, 3.05) is 12.4 Å². The van der Waals surface area contributed by atoms with E-state index in [9.17, 15) is 4.79 Å². The molecule has 0 aliphatic rings. The summed E-state index contributed by atoms with van der Waals surface area (Å²) in [5, 5.41) is 5.87. The number of carbonyl (C=O) groups excluding carboxylic acids is 1. The smallest absolute Gasteiger partial charge is 0.319 e. The standard InChI is InChI=1S/C18H22N2O2/c1-3-9-15(14-10-5-4-6-11-14)19-18(21)20-16-12-7-8-13-17(16)22-2/h4-8,10-13,15H,3,9H2,1-2H3,(H2,19,20,21). The number of hydrogen-bond donors (Lipinski definition) is 2. The molecule has 0 aliphatic heterocycles. The van der Waals surface area contributed by atoms with Crippen LogP contribution in [0.4, 0.5) is 10.5 Å². The normalized spacial score (nSPS) is 11.5. The summed E-state index contributed by atoms with van der Waals surface area (Å²) in [7, 11) is 1.59.